The average Bonchev–Trinajstić information content (AvgIpc) is 2.01. The average molecular weight is 226 g/mol. The standard InChI is InChI=1S/C7H14O6S/c1-4-12-7(8)6(5-11-2)13-14(3,9)10/h6H,4-5H2,1-3H3. The molecule has 7 heteroatoms. The van der Waals surface area contributed by atoms with Crippen molar-refractivity contribution in [1.29, 1.82) is 0 Å². The molecule has 0 spiro atoms. The Morgan fingerprint density at radius 1 is 1.43 bits per heavy atom. The molecule has 84 valence electrons. The maximum Gasteiger partial charge on any atom is 0.339 e. The molecule has 6 nitrogen and oxygen atoms in total. The largest absolute Gasteiger partial charge is 0.464 e. The number of carbonyl (C=O) groups excluding carboxylic acids is 1. The Morgan fingerprint density at radius 3 is 2.36 bits per heavy atom. The molecule has 0 aromatic heterocycles. The summed E-state index contributed by atoms with van der Waals surface area (Å²) in [7, 11) is -2.36. The molecule has 0 radical (unpaired) electrons. The van der Waals surface area contributed by atoms with Crippen molar-refractivity contribution >= 4 is 16.1 Å². The fourth-order valence-electron chi connectivity index (χ4n) is 0.733. The van der Waals surface area contributed by atoms with Crippen molar-refractivity contribution in [2.75, 3.05) is 26.6 Å². The van der Waals surface area contributed by atoms with Gasteiger partial charge >= 0.3 is 5.97 Å². The van der Waals surface area contributed by atoms with E-state index < -0.39 is 22.2 Å². The fraction of sp³-hybridized carbons (Fsp3) is 0.857. The summed E-state index contributed by atoms with van der Waals surface area (Å²) in [5, 5.41) is 0. The molecule has 0 heterocycles. The zero-order valence-electron chi connectivity index (χ0n) is 8.35. The molecule has 0 aromatic carbocycles. The number of esters is 1. The van der Waals surface area contributed by atoms with Crippen LogP contribution in [-0.2, 0) is 28.6 Å². The lowest BCUT2D eigenvalue weighted by atomic mass is 10.4. The first-order valence-electron chi connectivity index (χ1n) is 3.94. The molecule has 0 aliphatic rings. The first-order chi connectivity index (χ1) is 6.40. The van der Waals surface area contributed by atoms with Crippen LogP contribution in [0.15, 0.2) is 0 Å². The van der Waals surface area contributed by atoms with Crippen molar-refractivity contribution < 1.29 is 26.9 Å². The molecule has 0 aliphatic heterocycles. The van der Waals surface area contributed by atoms with Gasteiger partial charge in [0, 0.05) is 7.11 Å². The Balaban J connectivity index is 4.36. The molecule has 0 amide bonds. The second-order valence-electron chi connectivity index (χ2n) is 2.50. The minimum atomic E-state index is -3.69. The quantitative estimate of drug-likeness (QED) is 0.450. The third kappa shape index (κ3) is 5.90. The van der Waals surface area contributed by atoms with Gasteiger partial charge in [0.15, 0.2) is 6.10 Å². The van der Waals surface area contributed by atoms with Crippen molar-refractivity contribution in [2.24, 2.45) is 0 Å². The summed E-state index contributed by atoms with van der Waals surface area (Å²) in [6, 6.07) is 0. The van der Waals surface area contributed by atoms with Gasteiger partial charge in [0.25, 0.3) is 10.1 Å². The van der Waals surface area contributed by atoms with Crippen molar-refractivity contribution in [3.8, 4) is 0 Å². The minimum absolute atomic E-state index is 0.159. The third-order valence-electron chi connectivity index (χ3n) is 1.16. The smallest absolute Gasteiger partial charge is 0.339 e. The molecule has 0 aliphatic carbocycles. The molecule has 14 heavy (non-hydrogen) atoms. The van der Waals surface area contributed by atoms with Crippen LogP contribution in [0.3, 0.4) is 0 Å². The van der Waals surface area contributed by atoms with Crippen LogP contribution in [0.5, 0.6) is 0 Å². The fourth-order valence-corrected chi connectivity index (χ4v) is 1.29. The summed E-state index contributed by atoms with van der Waals surface area (Å²) >= 11 is 0. The first-order valence-corrected chi connectivity index (χ1v) is 5.76. The summed E-state index contributed by atoms with van der Waals surface area (Å²) in [6.07, 6.45) is -0.371. The molecule has 0 bridgehead atoms. The second-order valence-corrected chi connectivity index (χ2v) is 4.10. The Morgan fingerprint density at radius 2 is 2.00 bits per heavy atom. The van der Waals surface area contributed by atoms with Crippen LogP contribution in [0.25, 0.3) is 0 Å². The van der Waals surface area contributed by atoms with E-state index in [1.165, 1.54) is 7.11 Å². The Bertz CT molecular complexity index is 270. The van der Waals surface area contributed by atoms with Gasteiger partial charge in [0.1, 0.15) is 0 Å². The molecular weight excluding hydrogens is 212 g/mol. The van der Waals surface area contributed by atoms with E-state index in [1.807, 2.05) is 0 Å². The van der Waals surface area contributed by atoms with Crippen LogP contribution in [0.2, 0.25) is 0 Å². The summed E-state index contributed by atoms with van der Waals surface area (Å²) < 4.78 is 35.2. The highest BCUT2D eigenvalue weighted by atomic mass is 32.2. The number of hydrogen-bond donors (Lipinski definition) is 0. The van der Waals surface area contributed by atoms with Gasteiger partial charge in [-0.3, -0.25) is 4.18 Å². The molecule has 0 N–H and O–H groups in total. The predicted octanol–water partition coefficient (Wildman–Crippen LogP) is -0.459. The van der Waals surface area contributed by atoms with E-state index in [9.17, 15) is 13.2 Å². The Labute approximate surface area is 83.3 Å². The third-order valence-corrected chi connectivity index (χ3v) is 1.74. The first kappa shape index (κ1) is 13.3. The van der Waals surface area contributed by atoms with E-state index in [1.54, 1.807) is 6.92 Å². The predicted molar refractivity (Wildman–Crippen MR) is 48.2 cm³/mol. The van der Waals surface area contributed by atoms with Gasteiger partial charge in [0.2, 0.25) is 0 Å². The summed E-state index contributed by atoms with van der Waals surface area (Å²) in [4.78, 5) is 11.1. The molecule has 0 fully saturated rings. The lowest BCUT2D eigenvalue weighted by Crippen LogP contribution is -2.32. The number of hydrogen-bond acceptors (Lipinski definition) is 6. The number of carbonyl (C=O) groups is 1. The zero-order valence-corrected chi connectivity index (χ0v) is 9.17. The summed E-state index contributed by atoms with van der Waals surface area (Å²) in [5.74, 6) is -0.750. The monoisotopic (exact) mass is 226 g/mol. The van der Waals surface area contributed by atoms with Crippen molar-refractivity contribution in [3.63, 3.8) is 0 Å². The van der Waals surface area contributed by atoms with Crippen LogP contribution >= 0.6 is 0 Å². The number of rotatable bonds is 6. The molecule has 1 unspecified atom stereocenters. The van der Waals surface area contributed by atoms with Crippen LogP contribution < -0.4 is 0 Å². The highest BCUT2D eigenvalue weighted by Gasteiger charge is 2.24. The van der Waals surface area contributed by atoms with Gasteiger partial charge in [-0.25, -0.2) is 4.79 Å². The van der Waals surface area contributed by atoms with Gasteiger partial charge in [-0.1, -0.05) is 0 Å². The van der Waals surface area contributed by atoms with E-state index in [2.05, 4.69) is 13.7 Å². The maximum atomic E-state index is 11.1. The van der Waals surface area contributed by atoms with Crippen LogP contribution in [-0.4, -0.2) is 47.1 Å². The molecule has 1 atom stereocenters. The molecule has 0 rings (SSSR count). The topological polar surface area (TPSA) is 78.9 Å². The van der Waals surface area contributed by atoms with Crippen molar-refractivity contribution in [2.45, 2.75) is 13.0 Å². The van der Waals surface area contributed by atoms with E-state index in [4.69, 9.17) is 0 Å². The van der Waals surface area contributed by atoms with Gasteiger partial charge in [-0.15, -0.1) is 0 Å². The van der Waals surface area contributed by atoms with Crippen LogP contribution in [0.1, 0.15) is 6.92 Å². The van der Waals surface area contributed by atoms with E-state index in [0.717, 1.165) is 6.26 Å². The lowest BCUT2D eigenvalue weighted by molar-refractivity contribution is -0.153. The van der Waals surface area contributed by atoms with Gasteiger partial charge in [-0.05, 0) is 6.92 Å². The van der Waals surface area contributed by atoms with Crippen LogP contribution in [0, 0.1) is 0 Å². The Hall–Kier alpha value is -0.660. The highest BCUT2D eigenvalue weighted by molar-refractivity contribution is 7.86. The van der Waals surface area contributed by atoms with Gasteiger partial charge in [-0.2, -0.15) is 8.42 Å². The minimum Gasteiger partial charge on any atom is -0.464 e. The highest BCUT2D eigenvalue weighted by Crippen LogP contribution is 2.01. The molecular formula is C7H14O6S. The maximum absolute atomic E-state index is 11.1. The normalized spacial score (nSPS) is 13.6. The Kier molecular flexibility index (Phi) is 5.66. The molecule has 0 saturated heterocycles. The molecule has 0 aromatic rings. The summed E-state index contributed by atoms with van der Waals surface area (Å²) in [5.41, 5.74) is 0. The molecule has 0 saturated carbocycles. The van der Waals surface area contributed by atoms with Crippen LogP contribution in [0.4, 0.5) is 0 Å². The SMILES string of the molecule is CCOC(=O)C(COC)OS(C)(=O)=O. The zero-order chi connectivity index (χ0) is 11.2. The number of methoxy groups -OCH3 is 1. The second kappa shape index (κ2) is 5.94. The number of ether oxygens (including phenoxy) is 2. The van der Waals surface area contributed by atoms with Crippen molar-refractivity contribution in [1.82, 2.24) is 0 Å². The van der Waals surface area contributed by atoms with E-state index >= 15 is 0 Å². The van der Waals surface area contributed by atoms with E-state index in [0.29, 0.717) is 0 Å². The van der Waals surface area contributed by atoms with Gasteiger partial charge < -0.3 is 9.47 Å². The lowest BCUT2D eigenvalue weighted by Gasteiger charge is -2.13. The van der Waals surface area contributed by atoms with E-state index in [-0.39, 0.29) is 13.2 Å². The summed E-state index contributed by atoms with van der Waals surface area (Å²) in [6.45, 7) is 1.61. The van der Waals surface area contributed by atoms with Crippen molar-refractivity contribution in [3.05, 3.63) is 0 Å². The van der Waals surface area contributed by atoms with Gasteiger partial charge in [0.05, 0.1) is 19.5 Å².